The highest BCUT2D eigenvalue weighted by atomic mass is 16.5. The van der Waals surface area contributed by atoms with Crippen molar-refractivity contribution in [1.29, 1.82) is 0 Å². The molecule has 5 nitrogen and oxygen atoms in total. The summed E-state index contributed by atoms with van der Waals surface area (Å²) in [4.78, 5) is 12.0. The van der Waals surface area contributed by atoms with Gasteiger partial charge in [0.2, 0.25) is 6.54 Å². The number of nitrogens with one attached hydrogen (secondary N) is 1. The van der Waals surface area contributed by atoms with Gasteiger partial charge in [-0.1, -0.05) is 6.07 Å². The van der Waals surface area contributed by atoms with Crippen molar-refractivity contribution in [3.63, 3.8) is 0 Å². The molecule has 0 spiro atoms. The lowest BCUT2D eigenvalue weighted by Crippen LogP contribution is -2.42. The van der Waals surface area contributed by atoms with E-state index in [0.717, 1.165) is 5.56 Å². The molecule has 0 bridgehead atoms. The van der Waals surface area contributed by atoms with Gasteiger partial charge in [0.25, 0.3) is 5.91 Å². The summed E-state index contributed by atoms with van der Waals surface area (Å²) in [7, 11) is 3.19. The van der Waals surface area contributed by atoms with Gasteiger partial charge < -0.3 is 14.8 Å². The van der Waals surface area contributed by atoms with Crippen LogP contribution in [0.5, 0.6) is 11.5 Å². The molecule has 0 saturated carbocycles. The summed E-state index contributed by atoms with van der Waals surface area (Å²) in [6.07, 6.45) is 3.79. The van der Waals surface area contributed by atoms with E-state index in [1.807, 2.05) is 54.2 Å². The fourth-order valence-corrected chi connectivity index (χ4v) is 2.05. The largest absolute Gasteiger partial charge is 0.493 e. The third-order valence-electron chi connectivity index (χ3n) is 3.32. The van der Waals surface area contributed by atoms with E-state index in [9.17, 15) is 4.79 Å². The van der Waals surface area contributed by atoms with Gasteiger partial charge in [0.1, 0.15) is 0 Å². The number of aromatic nitrogens is 1. The summed E-state index contributed by atoms with van der Waals surface area (Å²) in [5.41, 5.74) is 2.13. The molecule has 0 atom stereocenters. The Morgan fingerprint density at radius 3 is 2.41 bits per heavy atom. The molecule has 1 heterocycles. The molecule has 1 N–H and O–H groups in total. The van der Waals surface area contributed by atoms with Crippen molar-refractivity contribution in [2.24, 2.45) is 0 Å². The lowest BCUT2D eigenvalue weighted by atomic mass is 10.2. The Morgan fingerprint density at radius 2 is 1.77 bits per heavy atom. The highest BCUT2D eigenvalue weighted by Gasteiger charge is 2.10. The summed E-state index contributed by atoms with van der Waals surface area (Å²) >= 11 is 0. The Morgan fingerprint density at radius 1 is 1.09 bits per heavy atom. The number of rotatable bonds is 6. The van der Waals surface area contributed by atoms with Crippen LogP contribution >= 0.6 is 0 Å². The third-order valence-corrected chi connectivity index (χ3v) is 3.32. The Labute approximate surface area is 130 Å². The van der Waals surface area contributed by atoms with E-state index in [1.165, 1.54) is 5.56 Å². The Balaban J connectivity index is 1.92. The Kier molecular flexibility index (Phi) is 5.36. The van der Waals surface area contributed by atoms with Crippen LogP contribution in [0.2, 0.25) is 0 Å². The number of nitrogens with zero attached hydrogens (tertiary/aromatic N) is 1. The minimum Gasteiger partial charge on any atom is -0.493 e. The molecule has 0 aliphatic carbocycles. The van der Waals surface area contributed by atoms with E-state index in [0.29, 0.717) is 24.6 Å². The number of carbonyl (C=O) groups excluding carboxylic acids is 1. The summed E-state index contributed by atoms with van der Waals surface area (Å²) in [6, 6.07) is 9.54. The van der Waals surface area contributed by atoms with Gasteiger partial charge in [-0.25, -0.2) is 0 Å². The van der Waals surface area contributed by atoms with Gasteiger partial charge >= 0.3 is 0 Å². The number of amides is 1. The van der Waals surface area contributed by atoms with E-state index in [4.69, 9.17) is 9.47 Å². The fourth-order valence-electron chi connectivity index (χ4n) is 2.05. The fraction of sp³-hybridized carbons (Fsp3) is 0.294. The topological polar surface area (TPSA) is 51.4 Å². The van der Waals surface area contributed by atoms with Gasteiger partial charge in [-0.2, -0.15) is 4.57 Å². The molecule has 116 valence electrons. The van der Waals surface area contributed by atoms with Crippen LogP contribution in [-0.2, 0) is 17.9 Å². The minimum absolute atomic E-state index is 0.0383. The maximum atomic E-state index is 12.0. The zero-order chi connectivity index (χ0) is 15.9. The molecule has 0 unspecified atom stereocenters. The van der Waals surface area contributed by atoms with Crippen molar-refractivity contribution in [3.8, 4) is 11.5 Å². The van der Waals surface area contributed by atoms with Gasteiger partial charge in [-0.3, -0.25) is 4.79 Å². The summed E-state index contributed by atoms with van der Waals surface area (Å²) in [5.74, 6) is 1.29. The lowest BCUT2D eigenvalue weighted by Gasteiger charge is -2.10. The number of ether oxygens (including phenoxy) is 2. The van der Waals surface area contributed by atoms with Crippen LogP contribution in [-0.4, -0.2) is 20.1 Å². The van der Waals surface area contributed by atoms with Crippen LogP contribution < -0.4 is 19.4 Å². The Bertz CT molecular complexity index is 639. The van der Waals surface area contributed by atoms with Crippen molar-refractivity contribution in [1.82, 2.24) is 5.32 Å². The van der Waals surface area contributed by atoms with Gasteiger partial charge in [0, 0.05) is 18.7 Å². The van der Waals surface area contributed by atoms with Crippen molar-refractivity contribution in [2.45, 2.75) is 20.0 Å². The first kappa shape index (κ1) is 15.8. The number of methoxy groups -OCH3 is 2. The molecular formula is C17H21N2O3+. The normalized spacial score (nSPS) is 10.1. The minimum atomic E-state index is -0.0383. The van der Waals surface area contributed by atoms with Gasteiger partial charge in [-0.15, -0.1) is 0 Å². The van der Waals surface area contributed by atoms with Crippen LogP contribution in [0.25, 0.3) is 0 Å². The predicted molar refractivity (Wildman–Crippen MR) is 82.8 cm³/mol. The number of hydrogen-bond donors (Lipinski definition) is 1. The Hall–Kier alpha value is -2.56. The molecule has 0 saturated heterocycles. The first-order valence-electron chi connectivity index (χ1n) is 7.05. The molecule has 5 heteroatoms. The molecule has 0 fully saturated rings. The summed E-state index contributed by atoms with van der Waals surface area (Å²) in [6.45, 7) is 2.76. The second kappa shape index (κ2) is 7.45. The van der Waals surface area contributed by atoms with Crippen molar-refractivity contribution in [2.75, 3.05) is 14.2 Å². The second-order valence-corrected chi connectivity index (χ2v) is 5.01. The SMILES string of the molecule is COc1ccc(CNC(=O)C[n+]2ccc(C)cc2)cc1OC. The zero-order valence-corrected chi connectivity index (χ0v) is 13.1. The van der Waals surface area contributed by atoms with E-state index in [2.05, 4.69) is 5.32 Å². The molecule has 1 amide bonds. The summed E-state index contributed by atoms with van der Waals surface area (Å²) < 4.78 is 12.3. The average molecular weight is 301 g/mol. The van der Waals surface area contributed by atoms with E-state index >= 15 is 0 Å². The number of carbonyl (C=O) groups is 1. The molecule has 1 aromatic heterocycles. The number of aryl methyl sites for hydroxylation is 1. The van der Waals surface area contributed by atoms with Gasteiger partial charge in [0.15, 0.2) is 23.9 Å². The van der Waals surface area contributed by atoms with Gasteiger partial charge in [0.05, 0.1) is 14.2 Å². The van der Waals surface area contributed by atoms with Gasteiger partial charge in [-0.05, 0) is 30.2 Å². The van der Waals surface area contributed by atoms with E-state index in [1.54, 1.807) is 14.2 Å². The predicted octanol–water partition coefficient (Wildman–Crippen LogP) is 1.62. The number of benzene rings is 1. The van der Waals surface area contributed by atoms with Crippen LogP contribution in [0.15, 0.2) is 42.7 Å². The van der Waals surface area contributed by atoms with Crippen LogP contribution in [0.3, 0.4) is 0 Å². The van der Waals surface area contributed by atoms with Crippen LogP contribution in [0.4, 0.5) is 0 Å². The van der Waals surface area contributed by atoms with Crippen LogP contribution in [0, 0.1) is 6.92 Å². The second-order valence-electron chi connectivity index (χ2n) is 5.01. The first-order valence-corrected chi connectivity index (χ1v) is 7.05. The molecule has 1 aromatic carbocycles. The van der Waals surface area contributed by atoms with E-state index in [-0.39, 0.29) is 5.91 Å². The maximum absolute atomic E-state index is 12.0. The molecule has 2 rings (SSSR count). The lowest BCUT2D eigenvalue weighted by molar-refractivity contribution is -0.684. The first-order chi connectivity index (χ1) is 10.6. The molecule has 0 aliphatic rings. The monoisotopic (exact) mass is 301 g/mol. The maximum Gasteiger partial charge on any atom is 0.286 e. The quantitative estimate of drug-likeness (QED) is 0.825. The highest BCUT2D eigenvalue weighted by Crippen LogP contribution is 2.27. The van der Waals surface area contributed by atoms with Crippen molar-refractivity contribution in [3.05, 3.63) is 53.9 Å². The van der Waals surface area contributed by atoms with Crippen molar-refractivity contribution >= 4 is 5.91 Å². The summed E-state index contributed by atoms with van der Waals surface area (Å²) in [5, 5.41) is 2.89. The zero-order valence-electron chi connectivity index (χ0n) is 13.1. The molecule has 0 aliphatic heterocycles. The van der Waals surface area contributed by atoms with E-state index < -0.39 is 0 Å². The third kappa shape index (κ3) is 4.22. The number of hydrogen-bond acceptors (Lipinski definition) is 3. The van der Waals surface area contributed by atoms with Crippen LogP contribution in [0.1, 0.15) is 11.1 Å². The molecule has 2 aromatic rings. The number of pyridine rings is 1. The molecular weight excluding hydrogens is 280 g/mol. The molecule has 0 radical (unpaired) electrons. The smallest absolute Gasteiger partial charge is 0.286 e. The standard InChI is InChI=1S/C17H20N2O3/c1-13-6-8-19(9-7-13)12-17(20)18-11-14-4-5-15(21-2)16(10-14)22-3/h4-10H,11-12H2,1-3H3/p+1. The highest BCUT2D eigenvalue weighted by molar-refractivity contribution is 5.74. The van der Waals surface area contributed by atoms with Crippen molar-refractivity contribution < 1.29 is 18.8 Å². The molecule has 22 heavy (non-hydrogen) atoms. The average Bonchev–Trinajstić information content (AvgIpc) is 2.54.